The molecule has 0 aromatic carbocycles. The summed E-state index contributed by atoms with van der Waals surface area (Å²) in [5.74, 6) is 0.377. The Balaban J connectivity index is 2.54. The van der Waals surface area contributed by atoms with Crippen LogP contribution in [0.1, 0.15) is 29.4 Å². The number of ether oxygens (including phenoxy) is 1. The molecular formula is C13H15NO3S. The fourth-order valence-electron chi connectivity index (χ4n) is 1.26. The first-order chi connectivity index (χ1) is 8.63. The zero-order valence-electron chi connectivity index (χ0n) is 10.4. The summed E-state index contributed by atoms with van der Waals surface area (Å²) in [5, 5.41) is 0.120. The van der Waals surface area contributed by atoms with Crippen LogP contribution in [0.2, 0.25) is 0 Å². The number of methoxy groups -OCH3 is 1. The predicted octanol–water partition coefficient (Wildman–Crippen LogP) is 2.55. The standard InChI is InChI=1S/C13H15NO3S/c1-10(15)18-8-4-3-5-12-9-11(6-7-14-12)13(16)17-2/h3,5-7,9H,4,8H2,1-2H3. The molecule has 0 aliphatic carbocycles. The van der Waals surface area contributed by atoms with E-state index in [9.17, 15) is 9.59 Å². The monoisotopic (exact) mass is 265 g/mol. The highest BCUT2D eigenvalue weighted by Gasteiger charge is 2.04. The molecule has 0 aliphatic rings. The van der Waals surface area contributed by atoms with Crippen molar-refractivity contribution < 1.29 is 14.3 Å². The van der Waals surface area contributed by atoms with Crippen LogP contribution < -0.4 is 0 Å². The summed E-state index contributed by atoms with van der Waals surface area (Å²) in [7, 11) is 1.34. The summed E-state index contributed by atoms with van der Waals surface area (Å²) in [6.45, 7) is 1.55. The lowest BCUT2D eigenvalue weighted by molar-refractivity contribution is -0.109. The normalized spacial score (nSPS) is 10.6. The molecule has 4 nitrogen and oxygen atoms in total. The number of hydrogen-bond donors (Lipinski definition) is 0. The number of pyridine rings is 1. The maximum atomic E-state index is 11.3. The van der Waals surface area contributed by atoms with Crippen LogP contribution in [0.25, 0.3) is 6.08 Å². The fraction of sp³-hybridized carbons (Fsp3) is 0.308. The molecule has 0 unspecified atom stereocenters. The smallest absolute Gasteiger partial charge is 0.337 e. The molecule has 0 saturated heterocycles. The number of hydrogen-bond acceptors (Lipinski definition) is 5. The van der Waals surface area contributed by atoms with Gasteiger partial charge >= 0.3 is 5.97 Å². The Labute approximate surface area is 110 Å². The minimum absolute atomic E-state index is 0.120. The fourth-order valence-corrected chi connectivity index (χ4v) is 1.80. The largest absolute Gasteiger partial charge is 0.465 e. The second-order valence-corrected chi connectivity index (χ2v) is 4.76. The van der Waals surface area contributed by atoms with Crippen LogP contribution in [-0.2, 0) is 9.53 Å². The minimum Gasteiger partial charge on any atom is -0.465 e. The van der Waals surface area contributed by atoms with Gasteiger partial charge in [0.15, 0.2) is 5.12 Å². The van der Waals surface area contributed by atoms with Gasteiger partial charge in [0.05, 0.1) is 18.4 Å². The average molecular weight is 265 g/mol. The van der Waals surface area contributed by atoms with E-state index >= 15 is 0 Å². The molecule has 1 aromatic rings. The van der Waals surface area contributed by atoms with Crippen molar-refractivity contribution in [2.24, 2.45) is 0 Å². The molecule has 0 N–H and O–H groups in total. The van der Waals surface area contributed by atoms with Gasteiger partial charge in [-0.2, -0.15) is 0 Å². The van der Waals surface area contributed by atoms with Gasteiger partial charge in [-0.15, -0.1) is 0 Å². The lowest BCUT2D eigenvalue weighted by atomic mass is 10.2. The summed E-state index contributed by atoms with van der Waals surface area (Å²) < 4.78 is 4.63. The van der Waals surface area contributed by atoms with Gasteiger partial charge in [-0.05, 0) is 24.6 Å². The van der Waals surface area contributed by atoms with Crippen LogP contribution in [0.3, 0.4) is 0 Å². The van der Waals surface area contributed by atoms with E-state index in [4.69, 9.17) is 0 Å². The van der Waals surface area contributed by atoms with Crippen molar-refractivity contribution in [3.63, 3.8) is 0 Å². The second kappa shape index (κ2) is 7.66. The molecule has 1 heterocycles. The summed E-state index contributed by atoms with van der Waals surface area (Å²) in [4.78, 5) is 26.1. The number of allylic oxidation sites excluding steroid dienone is 1. The quantitative estimate of drug-likeness (QED) is 0.605. The van der Waals surface area contributed by atoms with Crippen molar-refractivity contribution in [1.29, 1.82) is 0 Å². The topological polar surface area (TPSA) is 56.3 Å². The van der Waals surface area contributed by atoms with Crippen LogP contribution in [0.15, 0.2) is 24.4 Å². The molecule has 5 heteroatoms. The van der Waals surface area contributed by atoms with Crippen molar-refractivity contribution in [1.82, 2.24) is 4.98 Å². The van der Waals surface area contributed by atoms with Crippen molar-refractivity contribution in [3.8, 4) is 0 Å². The lowest BCUT2D eigenvalue weighted by Crippen LogP contribution is -2.01. The SMILES string of the molecule is COC(=O)c1ccnc(C=CCCSC(C)=O)c1. The lowest BCUT2D eigenvalue weighted by Gasteiger charge is -1.99. The zero-order chi connectivity index (χ0) is 13.4. The van der Waals surface area contributed by atoms with Crippen LogP contribution in [0, 0.1) is 0 Å². The highest BCUT2D eigenvalue weighted by molar-refractivity contribution is 8.13. The van der Waals surface area contributed by atoms with Crippen LogP contribution in [0.5, 0.6) is 0 Å². The number of carbonyl (C=O) groups excluding carboxylic acids is 2. The molecule has 1 rings (SSSR count). The van der Waals surface area contributed by atoms with Gasteiger partial charge in [-0.25, -0.2) is 4.79 Å². The van der Waals surface area contributed by atoms with Crippen LogP contribution >= 0.6 is 11.8 Å². The molecule has 0 bridgehead atoms. The Morgan fingerprint density at radius 2 is 2.28 bits per heavy atom. The molecule has 0 amide bonds. The number of carbonyl (C=O) groups is 2. The van der Waals surface area contributed by atoms with Gasteiger partial charge in [-0.1, -0.05) is 17.8 Å². The molecule has 0 aliphatic heterocycles. The van der Waals surface area contributed by atoms with Gasteiger partial charge in [0.1, 0.15) is 0 Å². The predicted molar refractivity (Wildman–Crippen MR) is 72.4 cm³/mol. The van der Waals surface area contributed by atoms with Gasteiger partial charge in [-0.3, -0.25) is 9.78 Å². The first kappa shape index (κ1) is 14.4. The van der Waals surface area contributed by atoms with Crippen molar-refractivity contribution >= 4 is 28.9 Å². The number of aromatic nitrogens is 1. The Morgan fingerprint density at radius 1 is 1.50 bits per heavy atom. The van der Waals surface area contributed by atoms with E-state index in [1.54, 1.807) is 25.3 Å². The summed E-state index contributed by atoms with van der Waals surface area (Å²) in [6, 6.07) is 3.27. The second-order valence-electron chi connectivity index (χ2n) is 3.49. The third-order valence-electron chi connectivity index (χ3n) is 2.08. The van der Waals surface area contributed by atoms with E-state index in [0.29, 0.717) is 11.3 Å². The van der Waals surface area contributed by atoms with Crippen molar-refractivity contribution in [3.05, 3.63) is 35.7 Å². The van der Waals surface area contributed by atoms with Gasteiger partial charge in [0.25, 0.3) is 0 Å². The number of esters is 1. The Kier molecular flexibility index (Phi) is 6.14. The first-order valence-corrected chi connectivity index (χ1v) is 6.46. The number of rotatable bonds is 5. The molecule has 18 heavy (non-hydrogen) atoms. The summed E-state index contributed by atoms with van der Waals surface area (Å²) >= 11 is 1.29. The average Bonchev–Trinajstić information content (AvgIpc) is 2.37. The first-order valence-electron chi connectivity index (χ1n) is 5.47. The Morgan fingerprint density at radius 3 is 2.94 bits per heavy atom. The third kappa shape index (κ3) is 5.14. The highest BCUT2D eigenvalue weighted by atomic mass is 32.2. The molecular weight excluding hydrogens is 250 g/mol. The number of thioether (sulfide) groups is 1. The molecule has 0 saturated carbocycles. The van der Waals surface area contributed by atoms with E-state index in [1.165, 1.54) is 18.9 Å². The maximum absolute atomic E-state index is 11.3. The van der Waals surface area contributed by atoms with E-state index in [2.05, 4.69) is 9.72 Å². The zero-order valence-corrected chi connectivity index (χ0v) is 11.2. The Hall–Kier alpha value is -1.62. The van der Waals surface area contributed by atoms with E-state index in [-0.39, 0.29) is 11.1 Å². The minimum atomic E-state index is -0.376. The van der Waals surface area contributed by atoms with Gasteiger partial charge < -0.3 is 4.74 Å². The van der Waals surface area contributed by atoms with Gasteiger partial charge in [0.2, 0.25) is 0 Å². The summed E-state index contributed by atoms with van der Waals surface area (Å²) in [5.41, 5.74) is 1.18. The summed E-state index contributed by atoms with van der Waals surface area (Å²) in [6.07, 6.45) is 6.11. The van der Waals surface area contributed by atoms with Crippen LogP contribution in [-0.4, -0.2) is 28.9 Å². The highest BCUT2D eigenvalue weighted by Crippen LogP contribution is 2.08. The van der Waals surface area contributed by atoms with E-state index < -0.39 is 0 Å². The maximum Gasteiger partial charge on any atom is 0.337 e. The van der Waals surface area contributed by atoms with Crippen LogP contribution in [0.4, 0.5) is 0 Å². The molecule has 0 atom stereocenters. The Bertz CT molecular complexity index is 457. The third-order valence-corrected chi connectivity index (χ3v) is 2.93. The van der Waals surface area contributed by atoms with E-state index in [1.807, 2.05) is 12.2 Å². The molecule has 96 valence electrons. The van der Waals surface area contributed by atoms with Crippen molar-refractivity contribution in [2.45, 2.75) is 13.3 Å². The molecule has 0 fully saturated rings. The van der Waals surface area contributed by atoms with Crippen molar-refractivity contribution in [2.75, 3.05) is 12.9 Å². The van der Waals surface area contributed by atoms with Gasteiger partial charge in [0, 0.05) is 18.9 Å². The van der Waals surface area contributed by atoms with E-state index in [0.717, 1.165) is 12.2 Å². The molecule has 0 radical (unpaired) electrons. The molecule has 1 aromatic heterocycles. The molecule has 0 spiro atoms. The number of nitrogens with zero attached hydrogens (tertiary/aromatic N) is 1.